The van der Waals surface area contributed by atoms with Gasteiger partial charge in [-0.3, -0.25) is 0 Å². The number of hydrogen-bond donors (Lipinski definition) is 2. The van der Waals surface area contributed by atoms with Crippen molar-refractivity contribution in [1.82, 2.24) is 4.98 Å². The van der Waals surface area contributed by atoms with Gasteiger partial charge in [-0.2, -0.15) is 0 Å². The van der Waals surface area contributed by atoms with Crippen LogP contribution < -0.4 is 5.32 Å². The van der Waals surface area contributed by atoms with E-state index in [0.717, 1.165) is 6.42 Å². The van der Waals surface area contributed by atoms with Gasteiger partial charge in [0.2, 0.25) is 0 Å². The Hall–Kier alpha value is -0.510. The summed E-state index contributed by atoms with van der Waals surface area (Å²) in [5, 5.41) is 13.0. The van der Waals surface area contributed by atoms with Crippen LogP contribution in [-0.2, 0) is 0 Å². The van der Waals surface area contributed by atoms with Gasteiger partial charge in [0.15, 0.2) is 0 Å². The van der Waals surface area contributed by atoms with Crippen molar-refractivity contribution in [1.29, 1.82) is 0 Å². The Bertz CT molecular complexity index is 320. The number of aliphatic hydroxyl groups excluding tert-OH is 1. The molecule has 0 saturated heterocycles. The molecule has 1 rings (SSSR count). The van der Waals surface area contributed by atoms with E-state index < -0.39 is 0 Å². The van der Waals surface area contributed by atoms with Crippen LogP contribution in [0, 0.1) is 0 Å². The molecule has 0 aromatic carbocycles. The minimum absolute atomic E-state index is 0.150. The average Bonchev–Trinajstić information content (AvgIpc) is 2.21. The minimum atomic E-state index is 0.150. The summed E-state index contributed by atoms with van der Waals surface area (Å²) in [6, 6.07) is 1.82. The number of pyridine rings is 1. The van der Waals surface area contributed by atoms with Gasteiger partial charge in [0.1, 0.15) is 5.82 Å². The first-order valence-electron chi connectivity index (χ1n) is 4.85. The van der Waals surface area contributed by atoms with Gasteiger partial charge in [-0.25, -0.2) is 4.98 Å². The number of anilines is 1. The maximum absolute atomic E-state index is 8.84. The van der Waals surface area contributed by atoms with Crippen LogP contribution in [0.4, 0.5) is 5.82 Å². The summed E-state index contributed by atoms with van der Waals surface area (Å²) in [6.07, 6.45) is 3.12. The summed E-state index contributed by atoms with van der Waals surface area (Å²) in [6.45, 7) is 2.19. The molecule has 0 radical (unpaired) electrons. The van der Waals surface area contributed by atoms with Gasteiger partial charge < -0.3 is 10.4 Å². The quantitative estimate of drug-likeness (QED) is 0.843. The van der Waals surface area contributed by atoms with Gasteiger partial charge in [-0.15, -0.1) is 0 Å². The van der Waals surface area contributed by atoms with E-state index in [0.29, 0.717) is 22.3 Å². The Balaban J connectivity index is 2.70. The number of halogens is 2. The van der Waals surface area contributed by atoms with Gasteiger partial charge in [0.05, 0.1) is 10.0 Å². The van der Waals surface area contributed by atoms with E-state index in [9.17, 15) is 0 Å². The minimum Gasteiger partial charge on any atom is -0.396 e. The highest BCUT2D eigenvalue weighted by Crippen LogP contribution is 2.23. The lowest BCUT2D eigenvalue weighted by molar-refractivity contribution is 0.278. The highest BCUT2D eigenvalue weighted by Gasteiger charge is 2.09. The number of rotatable bonds is 5. The maximum atomic E-state index is 8.84. The molecule has 0 bridgehead atoms. The smallest absolute Gasteiger partial charge is 0.145 e. The van der Waals surface area contributed by atoms with E-state index in [2.05, 4.69) is 10.3 Å². The fourth-order valence-corrected chi connectivity index (χ4v) is 1.68. The Labute approximate surface area is 99.4 Å². The normalized spacial score (nSPS) is 12.5. The van der Waals surface area contributed by atoms with Crippen LogP contribution in [-0.4, -0.2) is 22.7 Å². The Morgan fingerprint density at radius 1 is 1.53 bits per heavy atom. The summed E-state index contributed by atoms with van der Waals surface area (Å²) in [4.78, 5) is 4.09. The van der Waals surface area contributed by atoms with Crippen molar-refractivity contribution >= 4 is 29.0 Å². The predicted octanol–water partition coefficient (Wildman–Crippen LogP) is 2.96. The van der Waals surface area contributed by atoms with Crippen LogP contribution >= 0.6 is 23.2 Å². The first-order chi connectivity index (χ1) is 7.17. The lowest BCUT2D eigenvalue weighted by Gasteiger charge is -2.17. The molecular weight excluding hydrogens is 235 g/mol. The molecule has 1 aromatic heterocycles. The molecule has 1 atom stereocenters. The van der Waals surface area contributed by atoms with E-state index in [4.69, 9.17) is 28.3 Å². The SMILES string of the molecule is CCC(CCO)Nc1ncc(Cl)cc1Cl. The fourth-order valence-electron chi connectivity index (χ4n) is 1.25. The Morgan fingerprint density at radius 3 is 2.80 bits per heavy atom. The molecule has 1 heterocycles. The standard InChI is InChI=1S/C10H14Cl2N2O/c1-2-8(3-4-15)14-10-9(12)5-7(11)6-13-10/h5-6,8,15H,2-4H2,1H3,(H,13,14). The van der Waals surface area contributed by atoms with E-state index in [1.807, 2.05) is 6.92 Å². The van der Waals surface area contributed by atoms with E-state index in [1.165, 1.54) is 0 Å². The molecule has 15 heavy (non-hydrogen) atoms. The van der Waals surface area contributed by atoms with Crippen molar-refractivity contribution < 1.29 is 5.11 Å². The van der Waals surface area contributed by atoms with Crippen molar-refractivity contribution in [3.63, 3.8) is 0 Å². The topological polar surface area (TPSA) is 45.1 Å². The molecule has 1 unspecified atom stereocenters. The van der Waals surface area contributed by atoms with Gasteiger partial charge in [0.25, 0.3) is 0 Å². The fraction of sp³-hybridized carbons (Fsp3) is 0.500. The molecule has 0 spiro atoms. The molecule has 0 aliphatic heterocycles. The number of hydrogen-bond acceptors (Lipinski definition) is 3. The molecule has 0 saturated carbocycles. The molecule has 3 nitrogen and oxygen atoms in total. The van der Waals surface area contributed by atoms with Crippen LogP contribution in [0.3, 0.4) is 0 Å². The summed E-state index contributed by atoms with van der Waals surface area (Å²) in [5.41, 5.74) is 0. The molecule has 0 fully saturated rings. The van der Waals surface area contributed by atoms with Gasteiger partial charge in [0, 0.05) is 18.8 Å². The monoisotopic (exact) mass is 248 g/mol. The number of aliphatic hydroxyl groups is 1. The molecular formula is C10H14Cl2N2O. The molecule has 1 aromatic rings. The van der Waals surface area contributed by atoms with Gasteiger partial charge >= 0.3 is 0 Å². The number of nitrogens with one attached hydrogen (secondary N) is 1. The molecule has 2 N–H and O–H groups in total. The van der Waals surface area contributed by atoms with Crippen molar-refractivity contribution in [2.24, 2.45) is 0 Å². The van der Waals surface area contributed by atoms with Crippen LogP contribution in [0.1, 0.15) is 19.8 Å². The third-order valence-electron chi connectivity index (χ3n) is 2.12. The number of nitrogens with zero attached hydrogens (tertiary/aromatic N) is 1. The van der Waals surface area contributed by atoms with Gasteiger partial charge in [-0.05, 0) is 18.9 Å². The van der Waals surface area contributed by atoms with Crippen molar-refractivity contribution in [2.45, 2.75) is 25.8 Å². The second-order valence-electron chi connectivity index (χ2n) is 3.25. The van der Waals surface area contributed by atoms with Crippen molar-refractivity contribution in [3.05, 3.63) is 22.3 Å². The lowest BCUT2D eigenvalue weighted by atomic mass is 10.1. The molecule has 0 amide bonds. The zero-order chi connectivity index (χ0) is 11.3. The third-order valence-corrected chi connectivity index (χ3v) is 2.61. The average molecular weight is 249 g/mol. The van der Waals surface area contributed by atoms with Crippen molar-refractivity contribution in [2.75, 3.05) is 11.9 Å². The first kappa shape index (κ1) is 12.6. The zero-order valence-electron chi connectivity index (χ0n) is 8.50. The highest BCUT2D eigenvalue weighted by atomic mass is 35.5. The lowest BCUT2D eigenvalue weighted by Crippen LogP contribution is -2.20. The Morgan fingerprint density at radius 2 is 2.27 bits per heavy atom. The van der Waals surface area contributed by atoms with E-state index >= 15 is 0 Å². The summed E-state index contributed by atoms with van der Waals surface area (Å²) in [5.74, 6) is 0.612. The Kier molecular flexibility index (Phi) is 5.15. The summed E-state index contributed by atoms with van der Waals surface area (Å²) < 4.78 is 0. The van der Waals surface area contributed by atoms with E-state index in [-0.39, 0.29) is 12.6 Å². The zero-order valence-corrected chi connectivity index (χ0v) is 10.0. The summed E-state index contributed by atoms with van der Waals surface area (Å²) >= 11 is 11.7. The second kappa shape index (κ2) is 6.16. The predicted molar refractivity (Wildman–Crippen MR) is 63.7 cm³/mol. The van der Waals surface area contributed by atoms with Crippen LogP contribution in [0.15, 0.2) is 12.3 Å². The summed E-state index contributed by atoms with van der Waals surface area (Å²) in [7, 11) is 0. The van der Waals surface area contributed by atoms with Crippen LogP contribution in [0.2, 0.25) is 10.0 Å². The highest BCUT2D eigenvalue weighted by molar-refractivity contribution is 6.35. The first-order valence-corrected chi connectivity index (χ1v) is 5.61. The molecule has 0 aliphatic carbocycles. The molecule has 84 valence electrons. The number of aromatic nitrogens is 1. The molecule has 5 heteroatoms. The third kappa shape index (κ3) is 3.86. The van der Waals surface area contributed by atoms with Crippen LogP contribution in [0.25, 0.3) is 0 Å². The van der Waals surface area contributed by atoms with Crippen molar-refractivity contribution in [3.8, 4) is 0 Å². The largest absolute Gasteiger partial charge is 0.396 e. The van der Waals surface area contributed by atoms with Crippen LogP contribution in [0.5, 0.6) is 0 Å². The van der Waals surface area contributed by atoms with Gasteiger partial charge in [-0.1, -0.05) is 30.1 Å². The molecule has 0 aliphatic rings. The second-order valence-corrected chi connectivity index (χ2v) is 4.09. The van der Waals surface area contributed by atoms with E-state index in [1.54, 1.807) is 12.3 Å². The maximum Gasteiger partial charge on any atom is 0.145 e.